The molecule has 1 fully saturated rings. The first-order chi connectivity index (χ1) is 8.70. The van der Waals surface area contributed by atoms with Crippen LogP contribution in [0.3, 0.4) is 0 Å². The maximum atomic E-state index is 8.79. The van der Waals surface area contributed by atoms with Gasteiger partial charge in [0.05, 0.1) is 0 Å². The molecule has 1 aliphatic carbocycles. The third-order valence-corrected chi connectivity index (χ3v) is 3.64. The summed E-state index contributed by atoms with van der Waals surface area (Å²) in [5, 5.41) is 11.9. The molecule has 18 heavy (non-hydrogen) atoms. The molecule has 0 amide bonds. The summed E-state index contributed by atoms with van der Waals surface area (Å²) in [6.45, 7) is 1.97. The van der Waals surface area contributed by atoms with Crippen LogP contribution in [0.25, 0.3) is 0 Å². The molecule has 0 aliphatic heterocycles. The summed E-state index contributed by atoms with van der Waals surface area (Å²) < 4.78 is 0. The second-order valence-electron chi connectivity index (χ2n) is 5.14. The van der Waals surface area contributed by atoms with Crippen molar-refractivity contribution in [3.8, 4) is 0 Å². The summed E-state index contributed by atoms with van der Waals surface area (Å²) in [5.74, 6) is 1.04. The van der Waals surface area contributed by atoms with Crippen molar-refractivity contribution in [3.63, 3.8) is 0 Å². The minimum atomic E-state index is 0.183. The number of benzene rings is 1. The molecule has 98 valence electrons. The molecule has 0 saturated heterocycles. The van der Waals surface area contributed by atoms with Crippen molar-refractivity contribution < 1.29 is 5.21 Å². The minimum absolute atomic E-state index is 0.183. The van der Waals surface area contributed by atoms with E-state index in [1.165, 1.54) is 19.3 Å². The van der Waals surface area contributed by atoms with Gasteiger partial charge in [-0.15, -0.1) is 0 Å². The van der Waals surface area contributed by atoms with E-state index < -0.39 is 0 Å². The number of nitrogens with two attached hydrogens (primary N) is 1. The van der Waals surface area contributed by atoms with Crippen molar-refractivity contribution in [1.82, 2.24) is 4.90 Å². The first-order valence-electron chi connectivity index (χ1n) is 6.45. The highest BCUT2D eigenvalue weighted by molar-refractivity contribution is 5.98. The number of hydrogen-bond acceptors (Lipinski definition) is 3. The van der Waals surface area contributed by atoms with Crippen LogP contribution in [0.2, 0.25) is 0 Å². The van der Waals surface area contributed by atoms with E-state index in [-0.39, 0.29) is 5.84 Å². The average molecular weight is 247 g/mol. The number of hydrogen-bond donors (Lipinski definition) is 2. The summed E-state index contributed by atoms with van der Waals surface area (Å²) in [4.78, 5) is 2.31. The molecule has 1 saturated carbocycles. The second kappa shape index (κ2) is 5.87. The molecule has 4 heteroatoms. The van der Waals surface area contributed by atoms with Gasteiger partial charge in [-0.05, 0) is 31.4 Å². The Bertz CT molecular complexity index is 427. The molecule has 1 aromatic rings. The molecule has 0 unspecified atom stereocenters. The predicted octanol–water partition coefficient (Wildman–Crippen LogP) is 2.01. The van der Waals surface area contributed by atoms with Crippen LogP contribution in [0.5, 0.6) is 0 Å². The zero-order valence-corrected chi connectivity index (χ0v) is 10.8. The summed E-state index contributed by atoms with van der Waals surface area (Å²) in [5.41, 5.74) is 7.62. The summed E-state index contributed by atoms with van der Waals surface area (Å²) in [6, 6.07) is 7.82. The summed E-state index contributed by atoms with van der Waals surface area (Å²) in [7, 11) is 2.13. The number of amidine groups is 1. The van der Waals surface area contributed by atoms with Crippen LogP contribution < -0.4 is 5.73 Å². The molecule has 2 rings (SSSR count). The van der Waals surface area contributed by atoms with Gasteiger partial charge in [0, 0.05) is 18.7 Å². The zero-order chi connectivity index (χ0) is 13.0. The fourth-order valence-electron chi connectivity index (χ4n) is 2.43. The molecule has 0 spiro atoms. The minimum Gasteiger partial charge on any atom is -0.409 e. The lowest BCUT2D eigenvalue weighted by Crippen LogP contribution is -2.30. The van der Waals surface area contributed by atoms with Gasteiger partial charge < -0.3 is 15.8 Å². The Labute approximate surface area is 108 Å². The van der Waals surface area contributed by atoms with E-state index in [2.05, 4.69) is 17.1 Å². The Morgan fingerprint density at radius 3 is 2.78 bits per heavy atom. The largest absolute Gasteiger partial charge is 0.409 e. The molecule has 0 heterocycles. The SMILES string of the molecule is CN(Cc1ccccc1C(N)=NO)CC1CCC1. The van der Waals surface area contributed by atoms with E-state index in [9.17, 15) is 0 Å². The molecular weight excluding hydrogens is 226 g/mol. The van der Waals surface area contributed by atoms with Gasteiger partial charge >= 0.3 is 0 Å². The van der Waals surface area contributed by atoms with Crippen LogP contribution in [0.4, 0.5) is 0 Å². The average Bonchev–Trinajstić information content (AvgIpc) is 2.34. The van der Waals surface area contributed by atoms with E-state index in [4.69, 9.17) is 10.9 Å². The standard InChI is InChI=1S/C14H21N3O/c1-17(9-11-5-4-6-11)10-12-7-2-3-8-13(12)14(15)16-18/h2-3,7-8,11,18H,4-6,9-10H2,1H3,(H2,15,16). The first-order valence-corrected chi connectivity index (χ1v) is 6.45. The van der Waals surface area contributed by atoms with Gasteiger partial charge in [0.25, 0.3) is 0 Å². The second-order valence-corrected chi connectivity index (χ2v) is 5.14. The fraction of sp³-hybridized carbons (Fsp3) is 0.500. The van der Waals surface area contributed by atoms with Crippen molar-refractivity contribution in [2.24, 2.45) is 16.8 Å². The highest BCUT2D eigenvalue weighted by Crippen LogP contribution is 2.27. The van der Waals surface area contributed by atoms with Crippen molar-refractivity contribution in [1.29, 1.82) is 0 Å². The van der Waals surface area contributed by atoms with Gasteiger partial charge in [0.15, 0.2) is 5.84 Å². The monoisotopic (exact) mass is 247 g/mol. The van der Waals surface area contributed by atoms with E-state index in [1.54, 1.807) is 0 Å². The van der Waals surface area contributed by atoms with E-state index >= 15 is 0 Å². The van der Waals surface area contributed by atoms with E-state index in [1.807, 2.05) is 24.3 Å². The van der Waals surface area contributed by atoms with Crippen molar-refractivity contribution in [2.45, 2.75) is 25.8 Å². The van der Waals surface area contributed by atoms with Crippen molar-refractivity contribution in [3.05, 3.63) is 35.4 Å². The number of oxime groups is 1. The highest BCUT2D eigenvalue weighted by atomic mass is 16.4. The Morgan fingerprint density at radius 1 is 1.44 bits per heavy atom. The number of nitrogens with zero attached hydrogens (tertiary/aromatic N) is 2. The van der Waals surface area contributed by atoms with Gasteiger partial charge in [-0.1, -0.05) is 35.8 Å². The van der Waals surface area contributed by atoms with Gasteiger partial charge in [0.2, 0.25) is 0 Å². The fourth-order valence-corrected chi connectivity index (χ4v) is 2.43. The molecule has 3 N–H and O–H groups in total. The van der Waals surface area contributed by atoms with Gasteiger partial charge in [-0.3, -0.25) is 0 Å². The molecule has 1 aliphatic rings. The quantitative estimate of drug-likeness (QED) is 0.362. The van der Waals surface area contributed by atoms with Crippen LogP contribution in [-0.2, 0) is 6.54 Å². The van der Waals surface area contributed by atoms with Gasteiger partial charge in [-0.2, -0.15) is 0 Å². The lowest BCUT2D eigenvalue weighted by molar-refractivity contribution is 0.200. The highest BCUT2D eigenvalue weighted by Gasteiger charge is 2.19. The van der Waals surface area contributed by atoms with Gasteiger partial charge in [-0.25, -0.2) is 0 Å². The van der Waals surface area contributed by atoms with Crippen molar-refractivity contribution in [2.75, 3.05) is 13.6 Å². The number of rotatable bonds is 5. The lowest BCUT2D eigenvalue weighted by atomic mass is 9.85. The molecule has 0 aromatic heterocycles. The zero-order valence-electron chi connectivity index (χ0n) is 10.8. The third kappa shape index (κ3) is 3.01. The first kappa shape index (κ1) is 12.9. The maximum Gasteiger partial charge on any atom is 0.170 e. The Balaban J connectivity index is 2.03. The maximum absolute atomic E-state index is 8.79. The Kier molecular flexibility index (Phi) is 4.20. The molecular formula is C14H21N3O. The Hall–Kier alpha value is -1.55. The molecule has 0 atom stereocenters. The Morgan fingerprint density at radius 2 is 2.17 bits per heavy atom. The normalized spacial score (nSPS) is 16.9. The lowest BCUT2D eigenvalue weighted by Gasteiger charge is -2.30. The van der Waals surface area contributed by atoms with Crippen molar-refractivity contribution >= 4 is 5.84 Å². The summed E-state index contributed by atoms with van der Waals surface area (Å²) in [6.07, 6.45) is 4.08. The summed E-state index contributed by atoms with van der Waals surface area (Å²) >= 11 is 0. The van der Waals surface area contributed by atoms with Crippen LogP contribution in [0.1, 0.15) is 30.4 Å². The van der Waals surface area contributed by atoms with Crippen LogP contribution in [-0.4, -0.2) is 29.5 Å². The van der Waals surface area contributed by atoms with Gasteiger partial charge in [0.1, 0.15) is 0 Å². The van der Waals surface area contributed by atoms with E-state index in [0.29, 0.717) is 0 Å². The smallest absolute Gasteiger partial charge is 0.170 e. The molecule has 0 bridgehead atoms. The van der Waals surface area contributed by atoms with Crippen LogP contribution >= 0.6 is 0 Å². The topological polar surface area (TPSA) is 61.8 Å². The predicted molar refractivity (Wildman–Crippen MR) is 72.6 cm³/mol. The van der Waals surface area contributed by atoms with Crippen LogP contribution in [0.15, 0.2) is 29.4 Å². The molecule has 0 radical (unpaired) electrons. The van der Waals surface area contributed by atoms with Crippen LogP contribution in [0, 0.1) is 5.92 Å². The third-order valence-electron chi connectivity index (χ3n) is 3.64. The van der Waals surface area contributed by atoms with E-state index in [0.717, 1.165) is 30.1 Å². The molecule has 1 aromatic carbocycles. The molecule has 4 nitrogen and oxygen atoms in total.